The van der Waals surface area contributed by atoms with Crippen LogP contribution in [0.1, 0.15) is 23.7 Å². The minimum Gasteiger partial charge on any atom is -0.369 e. The van der Waals surface area contributed by atoms with Crippen LogP contribution in [0.4, 0.5) is 5.69 Å². The molecule has 2 aromatic rings. The van der Waals surface area contributed by atoms with Crippen molar-refractivity contribution in [1.29, 1.82) is 0 Å². The van der Waals surface area contributed by atoms with E-state index in [9.17, 15) is 10.1 Å². The van der Waals surface area contributed by atoms with E-state index in [0.717, 1.165) is 5.56 Å². The Morgan fingerprint density at radius 2 is 1.76 bits per heavy atom. The third-order valence-corrected chi connectivity index (χ3v) is 3.66. The summed E-state index contributed by atoms with van der Waals surface area (Å²) in [6.45, 7) is 0.473. The van der Waals surface area contributed by atoms with E-state index in [0.29, 0.717) is 18.6 Å². The van der Waals surface area contributed by atoms with Crippen LogP contribution in [0.25, 0.3) is 5.57 Å². The van der Waals surface area contributed by atoms with Gasteiger partial charge in [-0.25, -0.2) is 0 Å². The number of benzene rings is 2. The molecule has 0 bridgehead atoms. The lowest BCUT2D eigenvalue weighted by Gasteiger charge is -2.24. The van der Waals surface area contributed by atoms with E-state index in [1.54, 1.807) is 12.1 Å². The van der Waals surface area contributed by atoms with E-state index in [2.05, 4.69) is 0 Å². The summed E-state index contributed by atoms with van der Waals surface area (Å²) in [6, 6.07) is 16.8. The van der Waals surface area contributed by atoms with Gasteiger partial charge in [-0.05, 0) is 17.2 Å². The van der Waals surface area contributed by atoms with Crippen molar-refractivity contribution in [2.75, 3.05) is 6.61 Å². The van der Waals surface area contributed by atoms with E-state index in [1.165, 1.54) is 11.6 Å². The predicted octanol–water partition coefficient (Wildman–Crippen LogP) is 4.14. The fourth-order valence-electron chi connectivity index (χ4n) is 2.62. The minimum absolute atomic E-state index is 0.122. The Hall–Kier alpha value is -2.46. The highest BCUT2D eigenvalue weighted by molar-refractivity contribution is 5.67. The van der Waals surface area contributed by atoms with Gasteiger partial charge in [-0.1, -0.05) is 48.5 Å². The molecule has 0 N–H and O–H groups in total. The maximum absolute atomic E-state index is 11.2. The number of hydrogen-bond donors (Lipinski definition) is 0. The molecule has 0 saturated carbocycles. The normalized spacial score (nSPS) is 18.1. The summed E-state index contributed by atoms with van der Waals surface area (Å²) in [6.07, 6.45) is 2.42. The zero-order valence-corrected chi connectivity index (χ0v) is 11.4. The molecule has 0 aromatic heterocycles. The van der Waals surface area contributed by atoms with Crippen molar-refractivity contribution in [2.45, 2.75) is 12.5 Å². The van der Waals surface area contributed by atoms with Crippen LogP contribution in [-0.4, -0.2) is 11.5 Å². The van der Waals surface area contributed by atoms with E-state index in [1.807, 2.05) is 42.5 Å². The van der Waals surface area contributed by atoms with E-state index in [4.69, 9.17) is 4.74 Å². The van der Waals surface area contributed by atoms with Crippen LogP contribution < -0.4 is 0 Å². The second kappa shape index (κ2) is 5.89. The monoisotopic (exact) mass is 281 g/mol. The molecule has 1 unspecified atom stereocenters. The summed E-state index contributed by atoms with van der Waals surface area (Å²) in [5.41, 5.74) is 3.08. The first-order valence-corrected chi connectivity index (χ1v) is 6.85. The van der Waals surface area contributed by atoms with Crippen LogP contribution in [0.3, 0.4) is 0 Å². The van der Waals surface area contributed by atoms with Crippen molar-refractivity contribution in [1.82, 2.24) is 0 Å². The lowest BCUT2D eigenvalue weighted by Crippen LogP contribution is -2.12. The molecule has 1 aliphatic rings. The molecule has 0 aliphatic carbocycles. The van der Waals surface area contributed by atoms with Crippen molar-refractivity contribution < 1.29 is 9.66 Å². The third-order valence-electron chi connectivity index (χ3n) is 3.66. The van der Waals surface area contributed by atoms with Crippen LogP contribution >= 0.6 is 0 Å². The molecule has 1 aliphatic heterocycles. The summed E-state index contributed by atoms with van der Waals surface area (Å²) in [4.78, 5) is 10.8. The van der Waals surface area contributed by atoms with Crippen molar-refractivity contribution in [2.24, 2.45) is 0 Å². The Morgan fingerprint density at radius 3 is 2.52 bits per heavy atom. The summed E-state index contributed by atoms with van der Waals surface area (Å²) in [5, 5.41) is 11.2. The van der Waals surface area contributed by atoms with Crippen LogP contribution in [0.2, 0.25) is 0 Å². The summed E-state index contributed by atoms with van der Waals surface area (Å²) in [7, 11) is 0. The fourth-order valence-corrected chi connectivity index (χ4v) is 2.62. The molecule has 0 saturated heterocycles. The van der Waals surface area contributed by atoms with Gasteiger partial charge in [-0.3, -0.25) is 10.1 Å². The van der Waals surface area contributed by atoms with E-state index < -0.39 is 0 Å². The molecule has 21 heavy (non-hydrogen) atoms. The second-order valence-electron chi connectivity index (χ2n) is 4.94. The van der Waals surface area contributed by atoms with Gasteiger partial charge >= 0.3 is 0 Å². The van der Waals surface area contributed by atoms with Gasteiger partial charge in [0.1, 0.15) is 0 Å². The van der Waals surface area contributed by atoms with Crippen LogP contribution in [0, 0.1) is 10.1 Å². The molecule has 1 atom stereocenters. The SMILES string of the molecule is O=[N+]([O-])c1ccccc1C1CC(c2ccccc2)=CCO1. The second-order valence-corrected chi connectivity index (χ2v) is 4.94. The highest BCUT2D eigenvalue weighted by atomic mass is 16.6. The molecule has 0 spiro atoms. The average molecular weight is 281 g/mol. The Labute approximate surface area is 122 Å². The fraction of sp³-hybridized carbons (Fsp3) is 0.176. The Kier molecular flexibility index (Phi) is 3.79. The van der Waals surface area contributed by atoms with Crippen molar-refractivity contribution >= 4 is 11.3 Å². The first-order chi connectivity index (χ1) is 10.3. The van der Waals surface area contributed by atoms with Crippen LogP contribution in [0.15, 0.2) is 60.7 Å². The number of rotatable bonds is 3. The lowest BCUT2D eigenvalue weighted by molar-refractivity contribution is -0.386. The molecule has 106 valence electrons. The van der Waals surface area contributed by atoms with Gasteiger partial charge in [0.2, 0.25) is 0 Å². The number of para-hydroxylation sites is 1. The highest BCUT2D eigenvalue weighted by Gasteiger charge is 2.25. The largest absolute Gasteiger partial charge is 0.369 e. The number of hydrogen-bond acceptors (Lipinski definition) is 3. The molecule has 1 heterocycles. The first kappa shape index (κ1) is 13.5. The van der Waals surface area contributed by atoms with Gasteiger partial charge in [-0.2, -0.15) is 0 Å². The van der Waals surface area contributed by atoms with Gasteiger partial charge in [-0.15, -0.1) is 0 Å². The molecule has 0 fully saturated rings. The first-order valence-electron chi connectivity index (χ1n) is 6.85. The summed E-state index contributed by atoms with van der Waals surface area (Å²) >= 11 is 0. The van der Waals surface area contributed by atoms with Gasteiger partial charge in [0.15, 0.2) is 0 Å². The molecule has 3 rings (SSSR count). The summed E-state index contributed by atoms with van der Waals surface area (Å²) < 4.78 is 5.73. The molecule has 0 amide bonds. The molecule has 0 radical (unpaired) electrons. The zero-order chi connectivity index (χ0) is 14.7. The number of nitrogens with zero attached hydrogens (tertiary/aromatic N) is 1. The predicted molar refractivity (Wildman–Crippen MR) is 80.8 cm³/mol. The molecule has 4 nitrogen and oxygen atoms in total. The van der Waals surface area contributed by atoms with Crippen LogP contribution in [0.5, 0.6) is 0 Å². The third kappa shape index (κ3) is 2.85. The van der Waals surface area contributed by atoms with Crippen LogP contribution in [-0.2, 0) is 4.74 Å². The highest BCUT2D eigenvalue weighted by Crippen LogP contribution is 2.37. The smallest absolute Gasteiger partial charge is 0.275 e. The van der Waals surface area contributed by atoms with Crippen molar-refractivity contribution in [3.05, 3.63) is 81.9 Å². The molecular formula is C17H15NO3. The van der Waals surface area contributed by atoms with Crippen molar-refractivity contribution in [3.63, 3.8) is 0 Å². The Balaban J connectivity index is 1.89. The Bertz CT molecular complexity index is 679. The van der Waals surface area contributed by atoms with Gasteiger partial charge in [0.25, 0.3) is 5.69 Å². The van der Waals surface area contributed by atoms with Gasteiger partial charge < -0.3 is 4.74 Å². The Morgan fingerprint density at radius 1 is 1.05 bits per heavy atom. The zero-order valence-electron chi connectivity index (χ0n) is 11.4. The average Bonchev–Trinajstić information content (AvgIpc) is 2.56. The van der Waals surface area contributed by atoms with Gasteiger partial charge in [0, 0.05) is 12.5 Å². The van der Waals surface area contributed by atoms with E-state index >= 15 is 0 Å². The number of ether oxygens (including phenoxy) is 1. The van der Waals surface area contributed by atoms with Crippen molar-refractivity contribution in [3.8, 4) is 0 Å². The number of nitro benzene ring substituents is 1. The topological polar surface area (TPSA) is 52.4 Å². The molecule has 4 heteroatoms. The molecule has 2 aromatic carbocycles. The number of nitro groups is 1. The minimum atomic E-state index is -0.348. The maximum Gasteiger partial charge on any atom is 0.275 e. The quantitative estimate of drug-likeness (QED) is 0.627. The van der Waals surface area contributed by atoms with Gasteiger partial charge in [0.05, 0.1) is 23.2 Å². The molecular weight excluding hydrogens is 266 g/mol. The van der Waals surface area contributed by atoms with E-state index in [-0.39, 0.29) is 16.7 Å². The lowest BCUT2D eigenvalue weighted by atomic mass is 9.93. The summed E-state index contributed by atoms with van der Waals surface area (Å²) in [5.74, 6) is 0. The standard InChI is InChI=1S/C17H15NO3/c19-18(20)16-9-5-4-8-15(16)17-12-14(10-11-21-17)13-6-2-1-3-7-13/h1-10,17H,11-12H2. The maximum atomic E-state index is 11.2.